The number of hydrogen-bond acceptors (Lipinski definition) is 4. The van der Waals surface area contributed by atoms with E-state index < -0.39 is 0 Å². The van der Waals surface area contributed by atoms with E-state index in [0.717, 1.165) is 11.4 Å². The average Bonchev–Trinajstić information content (AvgIpc) is 3.01. The summed E-state index contributed by atoms with van der Waals surface area (Å²) in [6, 6.07) is 7.50. The molecule has 3 aromatic rings. The number of carbonyl (C=O) groups is 1. The summed E-state index contributed by atoms with van der Waals surface area (Å²) in [5.74, 6) is 1.10. The van der Waals surface area contributed by atoms with Crippen molar-refractivity contribution in [2.75, 3.05) is 5.32 Å². The van der Waals surface area contributed by atoms with Crippen molar-refractivity contribution in [1.82, 2.24) is 19.5 Å². The number of benzene rings is 1. The van der Waals surface area contributed by atoms with E-state index in [0.29, 0.717) is 11.6 Å². The Hall–Kier alpha value is -3.35. The molecule has 0 aliphatic carbocycles. The van der Waals surface area contributed by atoms with Crippen LogP contribution in [0.4, 0.5) is 10.2 Å². The second-order valence-electron chi connectivity index (χ2n) is 4.98. The van der Waals surface area contributed by atoms with Gasteiger partial charge in [0, 0.05) is 24.5 Å². The van der Waals surface area contributed by atoms with Crippen LogP contribution in [0.1, 0.15) is 11.4 Å². The Morgan fingerprint density at radius 3 is 2.71 bits per heavy atom. The molecular formula is C17H14FN5O. The lowest BCUT2D eigenvalue weighted by Gasteiger charge is -2.06. The normalized spacial score (nSPS) is 10.9. The number of carbonyl (C=O) groups excluding carboxylic acids is 1. The Balaban J connectivity index is 1.70. The van der Waals surface area contributed by atoms with Crippen LogP contribution in [0, 0.1) is 12.7 Å². The largest absolute Gasteiger partial charge is 0.307 e. The van der Waals surface area contributed by atoms with Gasteiger partial charge in [-0.3, -0.25) is 9.36 Å². The van der Waals surface area contributed by atoms with Crippen LogP contribution in [0.2, 0.25) is 0 Å². The molecule has 0 aliphatic rings. The molecule has 24 heavy (non-hydrogen) atoms. The second kappa shape index (κ2) is 6.82. The predicted molar refractivity (Wildman–Crippen MR) is 88.0 cm³/mol. The average molecular weight is 323 g/mol. The lowest BCUT2D eigenvalue weighted by atomic mass is 10.2. The molecule has 3 rings (SSSR count). The van der Waals surface area contributed by atoms with Gasteiger partial charge in [0.05, 0.1) is 0 Å². The summed E-state index contributed by atoms with van der Waals surface area (Å²) in [5, 5.41) is 2.66. The highest BCUT2D eigenvalue weighted by molar-refractivity contribution is 6.01. The minimum Gasteiger partial charge on any atom is -0.307 e. The number of aryl methyl sites for hydroxylation is 1. The summed E-state index contributed by atoms with van der Waals surface area (Å²) in [5.41, 5.74) is 0.726. The second-order valence-corrected chi connectivity index (χ2v) is 4.98. The van der Waals surface area contributed by atoms with Crippen LogP contribution in [-0.4, -0.2) is 25.4 Å². The SMILES string of the molecule is Cc1nccn1-c1cc(NC(=O)/C=C/c2ccc(F)cc2)ncn1. The monoisotopic (exact) mass is 323 g/mol. The highest BCUT2D eigenvalue weighted by Gasteiger charge is 2.05. The molecule has 0 bridgehead atoms. The number of nitrogens with one attached hydrogen (secondary N) is 1. The third-order valence-electron chi connectivity index (χ3n) is 3.27. The Labute approximate surface area is 137 Å². The van der Waals surface area contributed by atoms with Crippen LogP contribution in [0.25, 0.3) is 11.9 Å². The quantitative estimate of drug-likeness (QED) is 0.749. The lowest BCUT2D eigenvalue weighted by Crippen LogP contribution is -2.10. The fourth-order valence-electron chi connectivity index (χ4n) is 2.08. The van der Waals surface area contributed by atoms with Crippen molar-refractivity contribution in [2.24, 2.45) is 0 Å². The molecule has 1 N–H and O–H groups in total. The van der Waals surface area contributed by atoms with Crippen LogP contribution in [0.3, 0.4) is 0 Å². The van der Waals surface area contributed by atoms with E-state index in [9.17, 15) is 9.18 Å². The van der Waals surface area contributed by atoms with Gasteiger partial charge in [-0.2, -0.15) is 0 Å². The molecule has 120 valence electrons. The Kier molecular flexibility index (Phi) is 4.42. The Bertz CT molecular complexity index is 886. The van der Waals surface area contributed by atoms with Gasteiger partial charge in [0.1, 0.15) is 29.6 Å². The van der Waals surface area contributed by atoms with Crippen molar-refractivity contribution in [1.29, 1.82) is 0 Å². The van der Waals surface area contributed by atoms with Gasteiger partial charge in [-0.1, -0.05) is 12.1 Å². The maximum atomic E-state index is 12.8. The van der Waals surface area contributed by atoms with Crippen molar-refractivity contribution in [3.63, 3.8) is 0 Å². The molecule has 2 aromatic heterocycles. The fourth-order valence-corrected chi connectivity index (χ4v) is 2.08. The summed E-state index contributed by atoms with van der Waals surface area (Å²) < 4.78 is 14.6. The number of aromatic nitrogens is 4. The molecule has 0 fully saturated rings. The van der Waals surface area contributed by atoms with E-state index in [1.54, 1.807) is 41.2 Å². The fraction of sp³-hybridized carbons (Fsp3) is 0.0588. The smallest absolute Gasteiger partial charge is 0.249 e. The van der Waals surface area contributed by atoms with E-state index in [2.05, 4.69) is 20.3 Å². The first-order valence-corrected chi connectivity index (χ1v) is 7.19. The summed E-state index contributed by atoms with van der Waals surface area (Å²) in [6.45, 7) is 1.85. The third-order valence-corrected chi connectivity index (χ3v) is 3.27. The molecule has 1 aromatic carbocycles. The molecule has 0 atom stereocenters. The van der Waals surface area contributed by atoms with E-state index in [1.165, 1.54) is 24.5 Å². The highest BCUT2D eigenvalue weighted by Crippen LogP contribution is 2.11. The van der Waals surface area contributed by atoms with Crippen molar-refractivity contribution in [3.05, 3.63) is 72.3 Å². The number of nitrogens with zero attached hydrogens (tertiary/aromatic N) is 4. The van der Waals surface area contributed by atoms with Crippen LogP contribution in [0.15, 0.2) is 55.1 Å². The molecular weight excluding hydrogens is 309 g/mol. The van der Waals surface area contributed by atoms with E-state index in [4.69, 9.17) is 0 Å². The first-order chi connectivity index (χ1) is 11.6. The van der Waals surface area contributed by atoms with Gasteiger partial charge in [-0.05, 0) is 30.7 Å². The standard InChI is InChI=1S/C17H14FN5O/c1-12-19-8-9-23(12)16-10-15(20-11-21-16)22-17(24)7-4-13-2-5-14(18)6-3-13/h2-11H,1H3,(H,20,21,22,24)/b7-4+. The predicted octanol–water partition coefficient (Wildman–Crippen LogP) is 2.76. The summed E-state index contributed by atoms with van der Waals surface area (Å²) in [4.78, 5) is 24.3. The Morgan fingerprint density at radius 1 is 1.21 bits per heavy atom. The van der Waals surface area contributed by atoms with E-state index >= 15 is 0 Å². The van der Waals surface area contributed by atoms with Gasteiger partial charge in [-0.15, -0.1) is 0 Å². The van der Waals surface area contributed by atoms with Gasteiger partial charge in [-0.25, -0.2) is 19.3 Å². The molecule has 0 saturated carbocycles. The summed E-state index contributed by atoms with van der Waals surface area (Å²) in [7, 11) is 0. The zero-order valence-electron chi connectivity index (χ0n) is 12.8. The maximum Gasteiger partial charge on any atom is 0.249 e. The highest BCUT2D eigenvalue weighted by atomic mass is 19.1. The van der Waals surface area contributed by atoms with Crippen LogP contribution < -0.4 is 5.32 Å². The molecule has 1 amide bonds. The molecule has 6 nitrogen and oxygen atoms in total. The molecule has 0 spiro atoms. The number of rotatable bonds is 4. The lowest BCUT2D eigenvalue weighted by molar-refractivity contribution is -0.111. The molecule has 0 saturated heterocycles. The third kappa shape index (κ3) is 3.70. The molecule has 0 radical (unpaired) electrons. The van der Waals surface area contributed by atoms with E-state index in [-0.39, 0.29) is 11.7 Å². The summed E-state index contributed by atoms with van der Waals surface area (Å²) >= 11 is 0. The van der Waals surface area contributed by atoms with Crippen molar-refractivity contribution < 1.29 is 9.18 Å². The number of amides is 1. The van der Waals surface area contributed by atoms with Crippen LogP contribution in [0.5, 0.6) is 0 Å². The minimum absolute atomic E-state index is 0.320. The molecule has 7 heteroatoms. The first-order valence-electron chi connectivity index (χ1n) is 7.19. The number of anilines is 1. The molecule has 2 heterocycles. The Morgan fingerprint density at radius 2 is 2.00 bits per heavy atom. The van der Waals surface area contributed by atoms with Crippen molar-refractivity contribution in [3.8, 4) is 5.82 Å². The van der Waals surface area contributed by atoms with Crippen molar-refractivity contribution in [2.45, 2.75) is 6.92 Å². The van der Waals surface area contributed by atoms with Gasteiger partial charge >= 0.3 is 0 Å². The van der Waals surface area contributed by atoms with Gasteiger partial charge < -0.3 is 5.32 Å². The maximum absolute atomic E-state index is 12.8. The molecule has 0 unspecified atom stereocenters. The zero-order chi connectivity index (χ0) is 16.9. The van der Waals surface area contributed by atoms with Crippen molar-refractivity contribution >= 4 is 17.8 Å². The number of halogens is 1. The minimum atomic E-state index is -0.341. The topological polar surface area (TPSA) is 72.7 Å². The van der Waals surface area contributed by atoms with Gasteiger partial charge in [0.2, 0.25) is 5.91 Å². The van der Waals surface area contributed by atoms with E-state index in [1.807, 2.05) is 6.92 Å². The molecule has 0 aliphatic heterocycles. The van der Waals surface area contributed by atoms with Crippen LogP contribution >= 0.6 is 0 Å². The van der Waals surface area contributed by atoms with Crippen LogP contribution in [-0.2, 0) is 4.79 Å². The van der Waals surface area contributed by atoms with Gasteiger partial charge in [0.25, 0.3) is 0 Å². The number of hydrogen-bond donors (Lipinski definition) is 1. The zero-order valence-corrected chi connectivity index (χ0v) is 12.8. The number of imidazole rings is 1. The first kappa shape index (κ1) is 15.5. The summed E-state index contributed by atoms with van der Waals surface area (Å²) in [6.07, 6.45) is 7.77. The van der Waals surface area contributed by atoms with Gasteiger partial charge in [0.15, 0.2) is 0 Å².